The van der Waals surface area contributed by atoms with E-state index in [0.29, 0.717) is 25.7 Å². The highest BCUT2D eigenvalue weighted by Gasteiger charge is 2.52. The van der Waals surface area contributed by atoms with Gasteiger partial charge in [-0.05, 0) is 19.3 Å². The fraction of sp³-hybridized carbons (Fsp3) is 0.923. The van der Waals surface area contributed by atoms with Gasteiger partial charge < -0.3 is 74.0 Å². The van der Waals surface area contributed by atoms with Crippen LogP contribution < -0.4 is 0 Å². The second-order valence-electron chi connectivity index (χ2n) is 15.1. The largest absolute Gasteiger partial charge is 0.467 e. The average molecular weight is 827 g/mol. The van der Waals surface area contributed by atoms with Crippen molar-refractivity contribution < 1.29 is 88.4 Å². The summed E-state index contributed by atoms with van der Waals surface area (Å²) in [5, 5.41) is 83.8. The summed E-state index contributed by atoms with van der Waals surface area (Å²) in [7, 11) is 1.26. The molecule has 0 aliphatic carbocycles. The quantitative estimate of drug-likeness (QED) is 0.0292. The van der Waals surface area contributed by atoms with Crippen LogP contribution in [0.2, 0.25) is 0 Å². The highest BCUT2D eigenvalue weighted by molar-refractivity contribution is 5.74. The molecule has 0 bridgehead atoms. The summed E-state index contributed by atoms with van der Waals surface area (Å²) >= 11 is 0. The summed E-state index contributed by atoms with van der Waals surface area (Å²) in [5.41, 5.74) is 0. The molecule has 2 aliphatic rings. The molecule has 8 N–H and O–H groups in total. The number of hydrogen-bond acceptors (Lipinski definition) is 18. The fourth-order valence-corrected chi connectivity index (χ4v) is 6.79. The average Bonchev–Trinajstić information content (AvgIpc) is 3.18. The van der Waals surface area contributed by atoms with Crippen LogP contribution in [0.25, 0.3) is 0 Å². The number of aliphatic hydroxyl groups is 8. The minimum Gasteiger partial charge on any atom is -0.467 e. The SMILES string of the molecule is CCCCCC(O)CC(=O)O[C@H]1[C@H](O[C@H]2[C@H](O)[C@@H](O)[C@H](OCC(O)CCCCCCCCCCCCC(O)C(=O)OC)O[C@@H]2COC(C)=O)O[C@H](CO)[C@@H](O)[C@@H]1O. The first-order chi connectivity index (χ1) is 27.2. The summed E-state index contributed by atoms with van der Waals surface area (Å²) in [5.74, 6) is -2.23. The van der Waals surface area contributed by atoms with Crippen molar-refractivity contribution in [3.05, 3.63) is 0 Å². The van der Waals surface area contributed by atoms with E-state index < -0.39 is 117 Å². The van der Waals surface area contributed by atoms with E-state index in [4.69, 9.17) is 28.4 Å². The van der Waals surface area contributed by atoms with Crippen molar-refractivity contribution in [1.29, 1.82) is 0 Å². The van der Waals surface area contributed by atoms with Gasteiger partial charge in [-0.3, -0.25) is 9.59 Å². The van der Waals surface area contributed by atoms with Crippen molar-refractivity contribution in [2.24, 2.45) is 0 Å². The lowest BCUT2D eigenvalue weighted by atomic mass is 9.96. The third-order valence-electron chi connectivity index (χ3n) is 10.2. The van der Waals surface area contributed by atoms with Crippen LogP contribution in [0.15, 0.2) is 0 Å². The Balaban J connectivity index is 1.87. The Morgan fingerprint density at radius 1 is 0.667 bits per heavy atom. The molecule has 0 radical (unpaired) electrons. The van der Waals surface area contributed by atoms with Crippen LogP contribution in [0, 0.1) is 0 Å². The molecule has 2 fully saturated rings. The molecule has 2 saturated heterocycles. The molecule has 3 unspecified atom stereocenters. The molecule has 57 heavy (non-hydrogen) atoms. The van der Waals surface area contributed by atoms with Crippen LogP contribution in [-0.4, -0.2) is 165 Å². The van der Waals surface area contributed by atoms with E-state index in [0.717, 1.165) is 84.0 Å². The van der Waals surface area contributed by atoms with Gasteiger partial charge in [0.05, 0.1) is 39.0 Å². The van der Waals surface area contributed by atoms with Crippen molar-refractivity contribution in [1.82, 2.24) is 0 Å². The minimum atomic E-state index is -1.83. The molecule has 0 saturated carbocycles. The predicted octanol–water partition coefficient (Wildman–Crippen LogP) is 0.656. The number of aliphatic hydroxyl groups excluding tert-OH is 8. The maximum absolute atomic E-state index is 12.8. The van der Waals surface area contributed by atoms with Gasteiger partial charge in [-0.1, -0.05) is 90.4 Å². The zero-order valence-corrected chi connectivity index (χ0v) is 33.8. The molecule has 2 heterocycles. The van der Waals surface area contributed by atoms with Gasteiger partial charge in [-0.15, -0.1) is 0 Å². The summed E-state index contributed by atoms with van der Waals surface area (Å²) in [6.07, 6.45) is -6.41. The van der Waals surface area contributed by atoms with Crippen molar-refractivity contribution in [3.63, 3.8) is 0 Å². The van der Waals surface area contributed by atoms with Crippen LogP contribution >= 0.6 is 0 Å². The number of unbranched alkanes of at least 4 members (excludes halogenated alkanes) is 11. The first kappa shape index (κ1) is 51.1. The smallest absolute Gasteiger partial charge is 0.334 e. The molecule has 2 rings (SSSR count). The van der Waals surface area contributed by atoms with Crippen LogP contribution in [0.1, 0.15) is 123 Å². The van der Waals surface area contributed by atoms with Crippen molar-refractivity contribution in [2.75, 3.05) is 26.9 Å². The Kier molecular flexibility index (Phi) is 25.5. The molecule has 18 heteroatoms. The number of carbonyl (C=O) groups is 3. The van der Waals surface area contributed by atoms with E-state index in [1.54, 1.807) is 0 Å². The molecular formula is C39H70O18. The number of ether oxygens (including phenoxy) is 7. The third-order valence-corrected chi connectivity index (χ3v) is 10.2. The van der Waals surface area contributed by atoms with Gasteiger partial charge in [0.1, 0.15) is 49.3 Å². The van der Waals surface area contributed by atoms with Gasteiger partial charge in [0.2, 0.25) is 0 Å². The number of hydrogen-bond donors (Lipinski definition) is 8. The van der Waals surface area contributed by atoms with Crippen molar-refractivity contribution in [3.8, 4) is 0 Å². The summed E-state index contributed by atoms with van der Waals surface area (Å²) in [6, 6.07) is 0. The Labute approximate surface area is 335 Å². The number of carbonyl (C=O) groups excluding carboxylic acids is 3. The maximum atomic E-state index is 12.8. The zero-order valence-electron chi connectivity index (χ0n) is 33.8. The van der Waals surface area contributed by atoms with Gasteiger partial charge >= 0.3 is 17.9 Å². The molecule has 0 amide bonds. The fourth-order valence-electron chi connectivity index (χ4n) is 6.79. The van der Waals surface area contributed by atoms with E-state index in [1.165, 1.54) is 7.11 Å². The van der Waals surface area contributed by atoms with Crippen molar-refractivity contribution in [2.45, 2.75) is 203 Å². The van der Waals surface area contributed by atoms with E-state index >= 15 is 0 Å². The first-order valence-electron chi connectivity index (χ1n) is 20.6. The molecular weight excluding hydrogens is 756 g/mol. The van der Waals surface area contributed by atoms with E-state index in [2.05, 4.69) is 4.74 Å². The minimum absolute atomic E-state index is 0.243. The lowest BCUT2D eigenvalue weighted by Gasteiger charge is -2.46. The standard InChI is InChI=1S/C39H70O18/c1-4-5-14-17-25(42)20-30(45)56-36-32(47)31(46)28(21-40)54-39(36)57-35-29(23-52-24(2)41)55-38(34(49)33(35)48)53-22-26(43)18-15-12-10-8-6-7-9-11-13-16-19-27(44)37(50)51-3/h25-29,31-36,38-40,42-44,46-49H,4-23H2,1-3H3/t25?,26?,27?,28-,29-,31-,32+,33-,34-,35-,36-,38-,39+/m1/s1. The normalized spacial score (nSPS) is 29.3. The lowest BCUT2D eigenvalue weighted by molar-refractivity contribution is -0.361. The highest BCUT2D eigenvalue weighted by atomic mass is 16.8. The predicted molar refractivity (Wildman–Crippen MR) is 200 cm³/mol. The monoisotopic (exact) mass is 826 g/mol. The molecule has 18 nitrogen and oxygen atoms in total. The zero-order chi connectivity index (χ0) is 42.3. The molecule has 13 atom stereocenters. The summed E-state index contributed by atoms with van der Waals surface area (Å²) in [6.45, 7) is 1.62. The van der Waals surface area contributed by atoms with Crippen molar-refractivity contribution >= 4 is 17.9 Å². The Morgan fingerprint density at radius 3 is 1.79 bits per heavy atom. The van der Waals surface area contributed by atoms with Crippen LogP contribution in [0.3, 0.4) is 0 Å². The molecule has 0 aromatic carbocycles. The molecule has 334 valence electrons. The third kappa shape index (κ3) is 18.8. The first-order valence-corrected chi connectivity index (χ1v) is 20.6. The van der Waals surface area contributed by atoms with Crippen LogP contribution in [-0.2, 0) is 47.5 Å². The number of methoxy groups -OCH3 is 1. The molecule has 0 aromatic heterocycles. The van der Waals surface area contributed by atoms with E-state index in [9.17, 15) is 55.2 Å². The second-order valence-corrected chi connectivity index (χ2v) is 15.1. The van der Waals surface area contributed by atoms with Gasteiger partial charge in [0, 0.05) is 6.92 Å². The second kappa shape index (κ2) is 28.4. The van der Waals surface area contributed by atoms with Gasteiger partial charge in [0.15, 0.2) is 24.8 Å². The maximum Gasteiger partial charge on any atom is 0.334 e. The number of esters is 3. The lowest BCUT2D eigenvalue weighted by Crippen LogP contribution is -2.65. The Bertz CT molecular complexity index is 1110. The topological polar surface area (TPSA) is 278 Å². The Hall–Kier alpha value is -2.07. The van der Waals surface area contributed by atoms with E-state index in [1.807, 2.05) is 6.92 Å². The highest BCUT2D eigenvalue weighted by Crippen LogP contribution is 2.31. The molecule has 2 aliphatic heterocycles. The summed E-state index contributed by atoms with van der Waals surface area (Å²) < 4.78 is 38.1. The van der Waals surface area contributed by atoms with Gasteiger partial charge in [-0.25, -0.2) is 4.79 Å². The summed E-state index contributed by atoms with van der Waals surface area (Å²) in [4.78, 5) is 35.7. The van der Waals surface area contributed by atoms with E-state index in [-0.39, 0.29) is 6.61 Å². The van der Waals surface area contributed by atoms with Crippen LogP contribution in [0.4, 0.5) is 0 Å². The number of rotatable bonds is 29. The van der Waals surface area contributed by atoms with Gasteiger partial charge in [-0.2, -0.15) is 0 Å². The van der Waals surface area contributed by atoms with Gasteiger partial charge in [0.25, 0.3) is 0 Å². The van der Waals surface area contributed by atoms with Crippen LogP contribution in [0.5, 0.6) is 0 Å². The molecule has 0 spiro atoms. The molecule has 0 aromatic rings. The Morgan fingerprint density at radius 2 is 1.21 bits per heavy atom.